The fourth-order valence-electron chi connectivity index (χ4n) is 5.34. The van der Waals surface area contributed by atoms with Crippen molar-refractivity contribution in [3.8, 4) is 0 Å². The van der Waals surface area contributed by atoms with E-state index in [0.29, 0.717) is 30.6 Å². The van der Waals surface area contributed by atoms with Crippen LogP contribution in [0.25, 0.3) is 0 Å². The number of carbonyl (C=O) groups is 1. The van der Waals surface area contributed by atoms with Crippen LogP contribution in [0.1, 0.15) is 71.6 Å². The van der Waals surface area contributed by atoms with E-state index in [1.807, 2.05) is 23.6 Å². The van der Waals surface area contributed by atoms with Crippen LogP contribution in [0.4, 0.5) is 0 Å². The largest absolute Gasteiger partial charge is 0.392 e. The van der Waals surface area contributed by atoms with Gasteiger partial charge in [0.2, 0.25) is 5.91 Å². The van der Waals surface area contributed by atoms with Crippen LogP contribution in [0.15, 0.2) is 23.8 Å². The van der Waals surface area contributed by atoms with E-state index in [1.165, 1.54) is 5.57 Å². The minimum Gasteiger partial charge on any atom is -0.392 e. The third-order valence-corrected chi connectivity index (χ3v) is 8.21. The highest BCUT2D eigenvalue weighted by atomic mass is 32.2. The second-order valence-corrected chi connectivity index (χ2v) is 11.0. The Hall–Kier alpha value is -0.780. The zero-order valence-corrected chi connectivity index (χ0v) is 19.7. The summed E-state index contributed by atoms with van der Waals surface area (Å²) in [4.78, 5) is 14.2. The Morgan fingerprint density at radius 2 is 2.13 bits per heavy atom. The monoisotopic (exact) mass is 435 g/mol. The molecule has 0 aromatic heterocycles. The summed E-state index contributed by atoms with van der Waals surface area (Å²) in [7, 11) is 0. The fourth-order valence-corrected chi connectivity index (χ4v) is 6.28. The maximum Gasteiger partial charge on any atom is 0.223 e. The first kappa shape index (κ1) is 23.9. The van der Waals surface area contributed by atoms with Crippen molar-refractivity contribution in [2.75, 3.05) is 24.6 Å². The molecule has 3 rings (SSSR count). The predicted molar refractivity (Wildman–Crippen MR) is 125 cm³/mol. The molecule has 0 unspecified atom stereocenters. The van der Waals surface area contributed by atoms with Gasteiger partial charge in [0.1, 0.15) is 0 Å². The van der Waals surface area contributed by atoms with E-state index < -0.39 is 5.60 Å². The lowest BCUT2D eigenvalue weighted by molar-refractivity contribution is -0.129. The molecule has 0 aromatic rings. The number of hydrogen-bond donors (Lipinski definition) is 2. The van der Waals surface area contributed by atoms with E-state index in [0.717, 1.165) is 69.5 Å². The molecule has 0 bridgehead atoms. The molecule has 3 aliphatic rings. The molecule has 1 saturated heterocycles. The summed E-state index contributed by atoms with van der Waals surface area (Å²) in [5.41, 5.74) is 0.849. The highest BCUT2D eigenvalue weighted by Crippen LogP contribution is 2.47. The molecule has 2 aliphatic carbocycles. The Morgan fingerprint density at radius 3 is 2.87 bits per heavy atom. The molecule has 1 heterocycles. The van der Waals surface area contributed by atoms with Crippen molar-refractivity contribution in [2.24, 2.45) is 17.8 Å². The van der Waals surface area contributed by atoms with E-state index >= 15 is 0 Å². The predicted octanol–water partition coefficient (Wildman–Crippen LogP) is 4.56. The number of allylic oxidation sites excluding steroid dienone is 1. The van der Waals surface area contributed by atoms with Crippen LogP contribution < -0.4 is 0 Å². The molecule has 1 saturated carbocycles. The molecule has 0 aromatic carbocycles. The van der Waals surface area contributed by atoms with Gasteiger partial charge in [0, 0.05) is 36.9 Å². The summed E-state index contributed by atoms with van der Waals surface area (Å²) in [6.07, 6.45) is 14.9. The highest BCUT2D eigenvalue weighted by molar-refractivity contribution is 7.99. The first-order valence-electron chi connectivity index (χ1n) is 12.0. The molecular weight excluding hydrogens is 394 g/mol. The Kier molecular flexibility index (Phi) is 8.91. The molecule has 5 heteroatoms. The van der Waals surface area contributed by atoms with Crippen LogP contribution in [0.3, 0.4) is 0 Å². The smallest absolute Gasteiger partial charge is 0.223 e. The number of amides is 1. The zero-order valence-electron chi connectivity index (χ0n) is 18.9. The summed E-state index contributed by atoms with van der Waals surface area (Å²) in [6, 6.07) is 0. The van der Waals surface area contributed by atoms with Crippen molar-refractivity contribution in [2.45, 2.75) is 83.3 Å². The Bertz CT molecular complexity index is 624. The van der Waals surface area contributed by atoms with Crippen LogP contribution in [-0.4, -0.2) is 57.3 Å². The van der Waals surface area contributed by atoms with Gasteiger partial charge in [-0.05, 0) is 57.3 Å². The van der Waals surface area contributed by atoms with Crippen LogP contribution in [-0.2, 0) is 4.79 Å². The lowest BCUT2D eigenvalue weighted by Gasteiger charge is -2.22. The van der Waals surface area contributed by atoms with Crippen LogP contribution in [0.2, 0.25) is 0 Å². The Labute approximate surface area is 187 Å². The average molecular weight is 436 g/mol. The fraction of sp³-hybridized carbons (Fsp3) is 0.800. The van der Waals surface area contributed by atoms with Gasteiger partial charge in [-0.1, -0.05) is 43.6 Å². The maximum absolute atomic E-state index is 12.2. The van der Waals surface area contributed by atoms with Gasteiger partial charge in [0.25, 0.3) is 0 Å². The zero-order chi connectivity index (χ0) is 21.6. The van der Waals surface area contributed by atoms with Gasteiger partial charge in [0.15, 0.2) is 0 Å². The van der Waals surface area contributed by atoms with E-state index in [-0.39, 0.29) is 12.0 Å². The van der Waals surface area contributed by atoms with Crippen molar-refractivity contribution in [1.82, 2.24) is 4.90 Å². The Morgan fingerprint density at radius 1 is 1.37 bits per heavy atom. The van der Waals surface area contributed by atoms with E-state index in [1.54, 1.807) is 0 Å². The second-order valence-electron chi connectivity index (χ2n) is 9.86. The number of thioether (sulfide) groups is 1. The molecule has 2 fully saturated rings. The summed E-state index contributed by atoms with van der Waals surface area (Å²) in [5.74, 6) is 3.42. The topological polar surface area (TPSA) is 60.8 Å². The quantitative estimate of drug-likeness (QED) is 0.369. The van der Waals surface area contributed by atoms with Crippen molar-refractivity contribution < 1.29 is 15.0 Å². The van der Waals surface area contributed by atoms with Gasteiger partial charge >= 0.3 is 0 Å². The number of unbranched alkanes of at least 4 members (excludes halogenated alkanes) is 1. The molecule has 0 radical (unpaired) electrons. The van der Waals surface area contributed by atoms with Crippen molar-refractivity contribution in [3.63, 3.8) is 0 Å². The summed E-state index contributed by atoms with van der Waals surface area (Å²) < 4.78 is 0. The second kappa shape index (κ2) is 11.2. The first-order valence-corrected chi connectivity index (χ1v) is 13.2. The molecule has 170 valence electrons. The van der Waals surface area contributed by atoms with Gasteiger partial charge in [-0.3, -0.25) is 4.79 Å². The third-order valence-electron chi connectivity index (χ3n) is 7.14. The van der Waals surface area contributed by atoms with Crippen LogP contribution >= 0.6 is 11.8 Å². The number of carbonyl (C=O) groups excluding carboxylic acids is 1. The van der Waals surface area contributed by atoms with Gasteiger partial charge in [-0.2, -0.15) is 11.8 Å². The number of nitrogens with zero attached hydrogens (tertiary/aromatic N) is 1. The maximum atomic E-state index is 12.2. The Balaban J connectivity index is 1.40. The molecule has 30 heavy (non-hydrogen) atoms. The SMILES string of the molecule is CCCC[C@](C)(O)CC=C[C@@H]1[C@H]2CC(CSCCC(=O)N3CCCC3)=C[C@H]2C[C@H]1O. The lowest BCUT2D eigenvalue weighted by Crippen LogP contribution is -2.27. The lowest BCUT2D eigenvalue weighted by atomic mass is 9.88. The number of likely N-dealkylation sites (tertiary alicyclic amines) is 1. The number of aliphatic hydroxyl groups is 2. The van der Waals surface area contributed by atoms with E-state index in [9.17, 15) is 15.0 Å². The number of aliphatic hydroxyl groups excluding tert-OH is 1. The third kappa shape index (κ3) is 6.61. The van der Waals surface area contributed by atoms with Crippen molar-refractivity contribution in [1.29, 1.82) is 0 Å². The minimum absolute atomic E-state index is 0.201. The molecule has 1 aliphatic heterocycles. The van der Waals surface area contributed by atoms with Crippen LogP contribution in [0.5, 0.6) is 0 Å². The van der Waals surface area contributed by atoms with E-state index in [4.69, 9.17) is 0 Å². The van der Waals surface area contributed by atoms with Gasteiger partial charge in [0.05, 0.1) is 11.7 Å². The molecule has 1 amide bonds. The number of hydrogen-bond acceptors (Lipinski definition) is 4. The molecule has 2 N–H and O–H groups in total. The molecule has 4 nitrogen and oxygen atoms in total. The van der Waals surface area contributed by atoms with Gasteiger partial charge < -0.3 is 15.1 Å². The average Bonchev–Trinajstić information content (AvgIpc) is 3.42. The summed E-state index contributed by atoms with van der Waals surface area (Å²) in [5, 5.41) is 21.0. The minimum atomic E-state index is -0.641. The van der Waals surface area contributed by atoms with E-state index in [2.05, 4.69) is 25.2 Å². The van der Waals surface area contributed by atoms with Gasteiger partial charge in [-0.15, -0.1) is 0 Å². The standard InChI is InChI=1S/C25H41NO3S/c1-3-4-10-25(2,29)11-7-8-21-22-16-19(15-20(22)17-23(21)27)18-30-14-9-24(28)26-12-5-6-13-26/h7-8,15,20-23,27,29H,3-6,9-14,16-18H2,1-2H3/t20-,21+,22-,23+,25-/m0/s1. The van der Waals surface area contributed by atoms with Crippen molar-refractivity contribution in [3.05, 3.63) is 23.8 Å². The van der Waals surface area contributed by atoms with Crippen molar-refractivity contribution >= 4 is 17.7 Å². The number of rotatable bonds is 11. The molecular formula is C25H41NO3S. The summed E-state index contributed by atoms with van der Waals surface area (Å²) >= 11 is 1.88. The van der Waals surface area contributed by atoms with Crippen LogP contribution in [0, 0.1) is 17.8 Å². The molecule has 5 atom stereocenters. The number of fused-ring (bicyclic) bond motifs is 1. The molecule has 0 spiro atoms. The van der Waals surface area contributed by atoms with Gasteiger partial charge in [-0.25, -0.2) is 0 Å². The first-order chi connectivity index (χ1) is 14.4. The summed E-state index contributed by atoms with van der Waals surface area (Å²) in [6.45, 7) is 5.96. The highest BCUT2D eigenvalue weighted by Gasteiger charge is 2.43. The normalized spacial score (nSPS) is 30.7.